The SMILES string of the molecule is NCc1cc(COc2cc(Cl)ccc2Cl)ccc1F. The van der Waals surface area contributed by atoms with Gasteiger partial charge in [0, 0.05) is 23.2 Å². The van der Waals surface area contributed by atoms with Gasteiger partial charge in [0.15, 0.2) is 0 Å². The van der Waals surface area contributed by atoms with E-state index in [0.717, 1.165) is 5.56 Å². The summed E-state index contributed by atoms with van der Waals surface area (Å²) in [4.78, 5) is 0. The van der Waals surface area contributed by atoms with Gasteiger partial charge in [0.1, 0.15) is 18.2 Å². The molecule has 0 amide bonds. The van der Waals surface area contributed by atoms with Gasteiger partial charge in [-0.25, -0.2) is 4.39 Å². The van der Waals surface area contributed by atoms with E-state index in [1.165, 1.54) is 6.07 Å². The van der Waals surface area contributed by atoms with Crippen molar-refractivity contribution in [2.75, 3.05) is 0 Å². The highest BCUT2D eigenvalue weighted by molar-refractivity contribution is 6.34. The maximum atomic E-state index is 13.3. The maximum absolute atomic E-state index is 13.3. The monoisotopic (exact) mass is 299 g/mol. The third-order valence-corrected chi connectivity index (χ3v) is 3.16. The number of nitrogens with two attached hydrogens (primary N) is 1. The molecular weight excluding hydrogens is 288 g/mol. The Bertz CT molecular complexity index is 590. The summed E-state index contributed by atoms with van der Waals surface area (Å²) < 4.78 is 18.9. The van der Waals surface area contributed by atoms with Gasteiger partial charge in [-0.05, 0) is 29.8 Å². The minimum absolute atomic E-state index is 0.150. The van der Waals surface area contributed by atoms with Gasteiger partial charge >= 0.3 is 0 Å². The highest BCUT2D eigenvalue weighted by atomic mass is 35.5. The van der Waals surface area contributed by atoms with E-state index in [9.17, 15) is 4.39 Å². The Morgan fingerprint density at radius 1 is 1.11 bits per heavy atom. The summed E-state index contributed by atoms with van der Waals surface area (Å²) in [5.41, 5.74) is 6.73. The molecule has 0 unspecified atom stereocenters. The maximum Gasteiger partial charge on any atom is 0.139 e. The van der Waals surface area contributed by atoms with Crippen molar-refractivity contribution >= 4 is 23.2 Å². The molecule has 0 spiro atoms. The summed E-state index contributed by atoms with van der Waals surface area (Å²) in [6, 6.07) is 9.68. The van der Waals surface area contributed by atoms with Gasteiger partial charge in [0.05, 0.1) is 5.02 Å². The molecule has 0 fully saturated rings. The van der Waals surface area contributed by atoms with Gasteiger partial charge in [-0.3, -0.25) is 0 Å². The Morgan fingerprint density at radius 3 is 2.63 bits per heavy atom. The molecule has 0 aromatic heterocycles. The Morgan fingerprint density at radius 2 is 1.89 bits per heavy atom. The summed E-state index contributed by atoms with van der Waals surface area (Å²) >= 11 is 11.8. The smallest absolute Gasteiger partial charge is 0.139 e. The predicted octanol–water partition coefficient (Wildman–Crippen LogP) is 4.17. The van der Waals surface area contributed by atoms with E-state index in [1.807, 2.05) is 0 Å². The first-order chi connectivity index (χ1) is 9.10. The van der Waals surface area contributed by atoms with Gasteiger partial charge in [0.25, 0.3) is 0 Å². The minimum atomic E-state index is -0.313. The van der Waals surface area contributed by atoms with Crippen LogP contribution in [0.5, 0.6) is 5.75 Å². The Balaban J connectivity index is 2.12. The van der Waals surface area contributed by atoms with Crippen LogP contribution in [0.3, 0.4) is 0 Å². The molecule has 0 aliphatic carbocycles. The van der Waals surface area contributed by atoms with Crippen LogP contribution in [0.4, 0.5) is 4.39 Å². The summed E-state index contributed by atoms with van der Waals surface area (Å²) in [6.07, 6.45) is 0. The topological polar surface area (TPSA) is 35.2 Å². The second-order valence-corrected chi connectivity index (χ2v) is 4.84. The number of halogens is 3. The number of hydrogen-bond acceptors (Lipinski definition) is 2. The lowest BCUT2D eigenvalue weighted by atomic mass is 10.1. The van der Waals surface area contributed by atoms with E-state index in [1.54, 1.807) is 30.3 Å². The summed E-state index contributed by atoms with van der Waals surface area (Å²) in [5.74, 6) is 0.180. The number of benzene rings is 2. The van der Waals surface area contributed by atoms with E-state index >= 15 is 0 Å². The van der Waals surface area contributed by atoms with Gasteiger partial charge < -0.3 is 10.5 Å². The van der Waals surface area contributed by atoms with Crippen molar-refractivity contribution in [2.45, 2.75) is 13.2 Å². The summed E-state index contributed by atoms with van der Waals surface area (Å²) in [7, 11) is 0. The molecule has 2 N–H and O–H groups in total. The summed E-state index contributed by atoms with van der Waals surface area (Å²) in [6.45, 7) is 0.422. The van der Waals surface area contributed by atoms with Crippen LogP contribution >= 0.6 is 23.2 Å². The standard InChI is InChI=1S/C14H12Cl2FNO/c15-11-2-3-12(16)14(6-11)19-8-9-1-4-13(17)10(5-9)7-18/h1-6H,7-8,18H2. The molecule has 0 aliphatic heterocycles. The van der Waals surface area contributed by atoms with Gasteiger partial charge in [0.2, 0.25) is 0 Å². The fraction of sp³-hybridized carbons (Fsp3) is 0.143. The van der Waals surface area contributed by atoms with E-state index in [0.29, 0.717) is 21.4 Å². The highest BCUT2D eigenvalue weighted by Gasteiger charge is 2.05. The molecule has 2 aromatic carbocycles. The molecule has 5 heteroatoms. The molecule has 0 saturated heterocycles. The third kappa shape index (κ3) is 3.60. The van der Waals surface area contributed by atoms with Crippen molar-refractivity contribution in [3.8, 4) is 5.75 Å². The van der Waals surface area contributed by atoms with Gasteiger partial charge in [-0.2, -0.15) is 0 Å². The lowest BCUT2D eigenvalue weighted by Crippen LogP contribution is -2.03. The van der Waals surface area contributed by atoms with Crippen molar-refractivity contribution in [3.05, 3.63) is 63.4 Å². The van der Waals surface area contributed by atoms with Crippen LogP contribution < -0.4 is 10.5 Å². The van der Waals surface area contributed by atoms with Crippen molar-refractivity contribution in [3.63, 3.8) is 0 Å². The first-order valence-electron chi connectivity index (χ1n) is 5.65. The zero-order valence-electron chi connectivity index (χ0n) is 10.00. The van der Waals surface area contributed by atoms with Crippen LogP contribution in [0.2, 0.25) is 10.0 Å². The Hall–Kier alpha value is -1.29. The van der Waals surface area contributed by atoms with E-state index in [2.05, 4.69) is 0 Å². The Kier molecular flexibility index (Phi) is 4.64. The first kappa shape index (κ1) is 14.1. The van der Waals surface area contributed by atoms with E-state index in [-0.39, 0.29) is 19.0 Å². The average molecular weight is 300 g/mol. The van der Waals surface area contributed by atoms with Crippen LogP contribution in [0.1, 0.15) is 11.1 Å². The second-order valence-electron chi connectivity index (χ2n) is 3.99. The van der Waals surface area contributed by atoms with Crippen LogP contribution in [-0.4, -0.2) is 0 Å². The van der Waals surface area contributed by atoms with Crippen LogP contribution in [0, 0.1) is 5.82 Å². The van der Waals surface area contributed by atoms with Crippen molar-refractivity contribution in [1.82, 2.24) is 0 Å². The molecule has 2 nitrogen and oxygen atoms in total. The lowest BCUT2D eigenvalue weighted by Gasteiger charge is -2.09. The van der Waals surface area contributed by atoms with Crippen molar-refractivity contribution < 1.29 is 9.13 Å². The average Bonchev–Trinajstić information content (AvgIpc) is 2.41. The second kappa shape index (κ2) is 6.24. The normalized spacial score (nSPS) is 10.5. The van der Waals surface area contributed by atoms with Crippen LogP contribution in [0.15, 0.2) is 36.4 Å². The fourth-order valence-corrected chi connectivity index (χ4v) is 1.96. The highest BCUT2D eigenvalue weighted by Crippen LogP contribution is 2.28. The minimum Gasteiger partial charge on any atom is -0.487 e. The molecule has 0 saturated carbocycles. The lowest BCUT2D eigenvalue weighted by molar-refractivity contribution is 0.306. The van der Waals surface area contributed by atoms with E-state index in [4.69, 9.17) is 33.7 Å². The number of rotatable bonds is 4. The Labute approximate surface area is 120 Å². The first-order valence-corrected chi connectivity index (χ1v) is 6.41. The van der Waals surface area contributed by atoms with E-state index < -0.39 is 0 Å². The quantitative estimate of drug-likeness (QED) is 0.919. The molecule has 100 valence electrons. The molecule has 0 bridgehead atoms. The molecule has 2 rings (SSSR count). The molecule has 0 atom stereocenters. The fourth-order valence-electron chi connectivity index (χ4n) is 1.62. The summed E-state index contributed by atoms with van der Waals surface area (Å²) in [5, 5.41) is 1.02. The molecule has 0 radical (unpaired) electrons. The number of hydrogen-bond donors (Lipinski definition) is 1. The zero-order valence-corrected chi connectivity index (χ0v) is 11.5. The van der Waals surface area contributed by atoms with Crippen LogP contribution in [-0.2, 0) is 13.2 Å². The zero-order chi connectivity index (χ0) is 13.8. The van der Waals surface area contributed by atoms with Crippen molar-refractivity contribution in [2.24, 2.45) is 5.73 Å². The van der Waals surface area contributed by atoms with Crippen LogP contribution in [0.25, 0.3) is 0 Å². The molecule has 0 aliphatic rings. The molecule has 19 heavy (non-hydrogen) atoms. The van der Waals surface area contributed by atoms with Gasteiger partial charge in [-0.15, -0.1) is 0 Å². The molecule has 2 aromatic rings. The van der Waals surface area contributed by atoms with Gasteiger partial charge in [-0.1, -0.05) is 29.3 Å². The third-order valence-electron chi connectivity index (χ3n) is 2.62. The predicted molar refractivity (Wildman–Crippen MR) is 75.1 cm³/mol. The van der Waals surface area contributed by atoms with Crippen molar-refractivity contribution in [1.29, 1.82) is 0 Å². The number of ether oxygens (including phenoxy) is 1. The molecular formula is C14H12Cl2FNO. The molecule has 0 heterocycles. The largest absolute Gasteiger partial charge is 0.487 e.